The predicted octanol–water partition coefficient (Wildman–Crippen LogP) is 16.4. The summed E-state index contributed by atoms with van der Waals surface area (Å²) in [7, 11) is 0. The molecular formula is C60H38N2O. The average molecular weight is 803 g/mol. The maximum absolute atomic E-state index is 6.38. The van der Waals surface area contributed by atoms with E-state index in [0.717, 1.165) is 72.5 Å². The van der Waals surface area contributed by atoms with Crippen molar-refractivity contribution in [1.29, 1.82) is 0 Å². The fraction of sp³-hybridized carbons (Fsp3) is 0. The second-order valence-electron chi connectivity index (χ2n) is 15.9. The topological polar surface area (TPSA) is 21.3 Å². The van der Waals surface area contributed by atoms with Crippen molar-refractivity contribution in [3.8, 4) is 50.2 Å². The van der Waals surface area contributed by atoms with Crippen molar-refractivity contribution in [3.63, 3.8) is 0 Å². The van der Waals surface area contributed by atoms with Crippen molar-refractivity contribution in [2.75, 3.05) is 4.90 Å². The maximum atomic E-state index is 6.38. The summed E-state index contributed by atoms with van der Waals surface area (Å²) < 4.78 is 8.83. The van der Waals surface area contributed by atoms with Gasteiger partial charge in [0.05, 0.1) is 22.4 Å². The molecule has 12 rings (SSSR count). The molecule has 0 fully saturated rings. The number of para-hydroxylation sites is 6. The molecule has 2 aromatic heterocycles. The Kier molecular flexibility index (Phi) is 8.73. The van der Waals surface area contributed by atoms with E-state index >= 15 is 0 Å². The summed E-state index contributed by atoms with van der Waals surface area (Å²) in [5.41, 5.74) is 17.3. The van der Waals surface area contributed by atoms with Crippen molar-refractivity contribution in [2.24, 2.45) is 0 Å². The normalized spacial score (nSPS) is 11.4. The fourth-order valence-electron chi connectivity index (χ4n) is 9.31. The van der Waals surface area contributed by atoms with Gasteiger partial charge in [0.15, 0.2) is 0 Å². The zero-order valence-corrected chi connectivity index (χ0v) is 34.2. The standard InChI is InChI=1S/C60H38N2O/c1-3-15-43(16-4-1)50-22-13-24-54-52-20-8-11-27-57(52)62(59(50)54)56-26-10-7-19-49(56)44-31-29-41(30-32-44)42-33-37-47(38-34-42)61(46-17-5-2-6-18-46)48-39-35-45(36-40-48)51-23-14-25-55-53-21-9-12-28-58(53)63-60(51)55/h1-33,35-37,39-40H. The third-order valence-corrected chi connectivity index (χ3v) is 12.3. The lowest BCUT2D eigenvalue weighted by Gasteiger charge is -2.24. The molecule has 10 aromatic carbocycles. The number of fused-ring (bicyclic) bond motifs is 6. The lowest BCUT2D eigenvalue weighted by atomic mass is 9.99. The number of benzene rings is 9. The van der Waals surface area contributed by atoms with Crippen LogP contribution >= 0.6 is 0 Å². The first kappa shape index (κ1) is 36.3. The largest absolute Gasteiger partial charge is 0.455 e. The molecule has 63 heavy (non-hydrogen) atoms. The van der Waals surface area contributed by atoms with Gasteiger partial charge in [0.1, 0.15) is 11.2 Å². The SMILES string of the molecule is c1c(-c2ccc(-c3ccccc3-n3c4ccccc4c4cccc(-c5ccccc5)c43)cc2)ccc(N(c2ccccc2)c2ccc(-c3cccc4c3oc3ccccc34)cc2)c#1. The summed E-state index contributed by atoms with van der Waals surface area (Å²) in [5, 5.41) is 4.74. The summed E-state index contributed by atoms with van der Waals surface area (Å²) in [5.74, 6) is 0. The molecule has 0 amide bonds. The Morgan fingerprint density at radius 2 is 0.937 bits per heavy atom. The van der Waals surface area contributed by atoms with Gasteiger partial charge in [0, 0.05) is 55.2 Å². The molecule has 3 heteroatoms. The van der Waals surface area contributed by atoms with Crippen molar-refractivity contribution in [1.82, 2.24) is 4.57 Å². The Morgan fingerprint density at radius 1 is 0.365 bits per heavy atom. The zero-order valence-electron chi connectivity index (χ0n) is 34.2. The first-order chi connectivity index (χ1) is 31.3. The van der Waals surface area contributed by atoms with Crippen LogP contribution in [0.5, 0.6) is 0 Å². The number of hydrogen-bond acceptors (Lipinski definition) is 2. The van der Waals surface area contributed by atoms with E-state index in [1.54, 1.807) is 0 Å². The van der Waals surface area contributed by atoms with E-state index in [1.165, 1.54) is 38.5 Å². The van der Waals surface area contributed by atoms with E-state index in [0.29, 0.717) is 0 Å². The van der Waals surface area contributed by atoms with Crippen molar-refractivity contribution < 1.29 is 4.42 Å². The van der Waals surface area contributed by atoms with E-state index in [9.17, 15) is 0 Å². The average Bonchev–Trinajstić information content (AvgIpc) is 3.92. The Bertz CT molecular complexity index is 3580. The van der Waals surface area contributed by atoms with Gasteiger partial charge in [0.25, 0.3) is 0 Å². The van der Waals surface area contributed by atoms with Gasteiger partial charge in [0.2, 0.25) is 0 Å². The maximum Gasteiger partial charge on any atom is 0.143 e. The highest BCUT2D eigenvalue weighted by Gasteiger charge is 2.19. The molecule has 0 aliphatic carbocycles. The van der Waals surface area contributed by atoms with E-state index in [-0.39, 0.29) is 0 Å². The highest BCUT2D eigenvalue weighted by Crippen LogP contribution is 2.42. The van der Waals surface area contributed by atoms with E-state index in [1.807, 2.05) is 18.2 Å². The summed E-state index contributed by atoms with van der Waals surface area (Å²) in [6.07, 6.45) is 0. The Morgan fingerprint density at radius 3 is 1.73 bits per heavy atom. The fourth-order valence-corrected chi connectivity index (χ4v) is 9.31. The summed E-state index contributed by atoms with van der Waals surface area (Å²) in [6.45, 7) is 0. The molecule has 0 saturated heterocycles. The van der Waals surface area contributed by atoms with Gasteiger partial charge in [-0.25, -0.2) is 0 Å². The van der Waals surface area contributed by atoms with Gasteiger partial charge < -0.3 is 13.9 Å². The molecule has 0 bridgehead atoms. The van der Waals surface area contributed by atoms with Crippen LogP contribution in [0, 0.1) is 12.1 Å². The minimum atomic E-state index is 0.900. The second-order valence-corrected chi connectivity index (χ2v) is 15.9. The third-order valence-electron chi connectivity index (χ3n) is 12.3. The van der Waals surface area contributed by atoms with E-state index in [4.69, 9.17) is 4.42 Å². The second kappa shape index (κ2) is 15.2. The van der Waals surface area contributed by atoms with E-state index < -0.39 is 0 Å². The molecule has 2 heterocycles. The lowest BCUT2D eigenvalue weighted by molar-refractivity contribution is 0.670. The van der Waals surface area contributed by atoms with Gasteiger partial charge in [-0.15, -0.1) is 0 Å². The molecule has 294 valence electrons. The molecular weight excluding hydrogens is 765 g/mol. The molecule has 0 N–H and O–H groups in total. The molecule has 0 aliphatic rings. The molecule has 0 unspecified atom stereocenters. The predicted molar refractivity (Wildman–Crippen MR) is 262 cm³/mol. The molecule has 3 nitrogen and oxygen atoms in total. The van der Waals surface area contributed by atoms with Crippen LogP contribution in [0.2, 0.25) is 0 Å². The minimum absolute atomic E-state index is 0.900. The first-order valence-corrected chi connectivity index (χ1v) is 21.3. The molecule has 0 atom stereocenters. The lowest BCUT2D eigenvalue weighted by Crippen LogP contribution is -2.09. The van der Waals surface area contributed by atoms with Crippen LogP contribution in [-0.4, -0.2) is 4.57 Å². The number of nitrogens with zero attached hydrogens (tertiary/aromatic N) is 2. The Balaban J connectivity index is 0.877. The van der Waals surface area contributed by atoms with Crippen LogP contribution in [0.15, 0.2) is 235 Å². The van der Waals surface area contributed by atoms with Gasteiger partial charge in [-0.05, 0) is 82.9 Å². The molecule has 0 saturated carbocycles. The monoisotopic (exact) mass is 802 g/mol. The van der Waals surface area contributed by atoms with Crippen LogP contribution in [0.25, 0.3) is 93.9 Å². The molecule has 0 aliphatic heterocycles. The minimum Gasteiger partial charge on any atom is -0.455 e. The summed E-state index contributed by atoms with van der Waals surface area (Å²) in [4.78, 5) is 2.23. The first-order valence-electron chi connectivity index (χ1n) is 21.3. The van der Waals surface area contributed by atoms with Gasteiger partial charge in [-0.1, -0.05) is 182 Å². The van der Waals surface area contributed by atoms with Gasteiger partial charge in [-0.2, -0.15) is 0 Å². The van der Waals surface area contributed by atoms with Crippen LogP contribution in [-0.2, 0) is 0 Å². The highest BCUT2D eigenvalue weighted by molar-refractivity contribution is 6.14. The number of anilines is 3. The highest BCUT2D eigenvalue weighted by atomic mass is 16.3. The van der Waals surface area contributed by atoms with E-state index in [2.05, 4.69) is 234 Å². The van der Waals surface area contributed by atoms with Crippen molar-refractivity contribution in [2.45, 2.75) is 0 Å². The van der Waals surface area contributed by atoms with Crippen LogP contribution in [0.3, 0.4) is 0 Å². The van der Waals surface area contributed by atoms with Crippen LogP contribution in [0.4, 0.5) is 17.1 Å². The van der Waals surface area contributed by atoms with Crippen molar-refractivity contribution >= 4 is 60.8 Å². The van der Waals surface area contributed by atoms with Gasteiger partial charge >= 0.3 is 0 Å². The number of hydrogen-bond donors (Lipinski definition) is 0. The van der Waals surface area contributed by atoms with Crippen LogP contribution in [0.1, 0.15) is 0 Å². The number of furan rings is 1. The van der Waals surface area contributed by atoms with Gasteiger partial charge in [-0.3, -0.25) is 0 Å². The van der Waals surface area contributed by atoms with Crippen LogP contribution < -0.4 is 4.90 Å². The quantitative estimate of drug-likeness (QED) is 0.153. The zero-order chi connectivity index (χ0) is 41.7. The molecule has 0 spiro atoms. The molecule has 0 radical (unpaired) electrons. The number of rotatable bonds is 8. The third kappa shape index (κ3) is 6.24. The number of aromatic nitrogens is 1. The van der Waals surface area contributed by atoms with Crippen molar-refractivity contribution in [3.05, 3.63) is 243 Å². The Hall–Kier alpha value is -8.58. The molecule has 12 aromatic rings. The Labute approximate surface area is 366 Å². The summed E-state index contributed by atoms with van der Waals surface area (Å²) in [6, 6.07) is 88.8. The smallest absolute Gasteiger partial charge is 0.143 e. The summed E-state index contributed by atoms with van der Waals surface area (Å²) >= 11 is 0.